The Bertz CT molecular complexity index is 790. The number of aromatic nitrogens is 1. The summed E-state index contributed by atoms with van der Waals surface area (Å²) in [5.74, 6) is 0.326. The van der Waals surface area contributed by atoms with Crippen LogP contribution in [0.4, 0.5) is 0 Å². The Morgan fingerprint density at radius 1 is 1.31 bits per heavy atom. The first-order valence-corrected chi connectivity index (χ1v) is 12.0. The maximum absolute atomic E-state index is 12.6. The minimum absolute atomic E-state index is 0.163. The maximum atomic E-state index is 12.6. The largest absolute Gasteiger partial charge is 0.349 e. The first-order chi connectivity index (χ1) is 12.5. The molecule has 0 saturated carbocycles. The second kappa shape index (κ2) is 10.1. The number of rotatable bonds is 10. The molecular formula is C17H23N3O3S3. The van der Waals surface area contributed by atoms with Crippen molar-refractivity contribution in [2.75, 3.05) is 12.0 Å². The van der Waals surface area contributed by atoms with Crippen LogP contribution in [0.15, 0.2) is 40.1 Å². The van der Waals surface area contributed by atoms with Crippen molar-refractivity contribution in [1.82, 2.24) is 15.0 Å². The lowest BCUT2D eigenvalue weighted by atomic mass is 10.2. The van der Waals surface area contributed by atoms with Crippen LogP contribution in [0, 0.1) is 0 Å². The number of sulfonamides is 1. The lowest BCUT2D eigenvalue weighted by Gasteiger charge is -2.18. The van der Waals surface area contributed by atoms with Crippen molar-refractivity contribution in [3.05, 3.63) is 46.4 Å². The predicted molar refractivity (Wildman–Crippen MR) is 107 cm³/mol. The van der Waals surface area contributed by atoms with Gasteiger partial charge in [0.15, 0.2) is 0 Å². The summed E-state index contributed by atoms with van der Waals surface area (Å²) in [4.78, 5) is 16.8. The first kappa shape index (κ1) is 20.9. The molecule has 1 amide bonds. The van der Waals surface area contributed by atoms with E-state index in [9.17, 15) is 13.2 Å². The van der Waals surface area contributed by atoms with Crippen molar-refractivity contribution in [3.8, 4) is 0 Å². The van der Waals surface area contributed by atoms with Gasteiger partial charge in [-0.2, -0.15) is 16.5 Å². The number of carbonyl (C=O) groups excluding carboxylic acids is 1. The summed E-state index contributed by atoms with van der Waals surface area (Å²) in [6.45, 7) is 2.29. The van der Waals surface area contributed by atoms with Crippen LogP contribution in [0.25, 0.3) is 0 Å². The average molecular weight is 414 g/mol. The van der Waals surface area contributed by atoms with E-state index < -0.39 is 16.1 Å². The fourth-order valence-corrected chi connectivity index (χ4v) is 4.52. The van der Waals surface area contributed by atoms with E-state index in [1.807, 2.05) is 18.6 Å². The molecule has 1 unspecified atom stereocenters. The van der Waals surface area contributed by atoms with Crippen LogP contribution in [0.2, 0.25) is 0 Å². The molecule has 6 nitrogen and oxygen atoms in total. The molecule has 0 aliphatic carbocycles. The van der Waals surface area contributed by atoms with E-state index in [-0.39, 0.29) is 17.3 Å². The van der Waals surface area contributed by atoms with Crippen LogP contribution in [-0.4, -0.2) is 37.4 Å². The molecule has 142 valence electrons. The molecule has 2 N–H and O–H groups in total. The van der Waals surface area contributed by atoms with Crippen molar-refractivity contribution in [2.24, 2.45) is 0 Å². The summed E-state index contributed by atoms with van der Waals surface area (Å²) < 4.78 is 27.8. The Labute approximate surface area is 162 Å². The van der Waals surface area contributed by atoms with Gasteiger partial charge in [-0.15, -0.1) is 11.3 Å². The number of hydrogen-bond acceptors (Lipinski definition) is 6. The Morgan fingerprint density at radius 2 is 2.04 bits per heavy atom. The maximum Gasteiger partial charge on any atom is 0.241 e. The highest BCUT2D eigenvalue weighted by Crippen LogP contribution is 2.13. The molecule has 0 spiro atoms. The SMILES string of the molecule is CCc1ccc(S(=O)(=O)NC(CCSC)C(=O)NCc2cscn2)cc1. The van der Waals surface area contributed by atoms with Gasteiger partial charge in [0.1, 0.15) is 6.04 Å². The minimum atomic E-state index is -3.77. The van der Waals surface area contributed by atoms with Gasteiger partial charge in [-0.3, -0.25) is 4.79 Å². The third-order valence-electron chi connectivity index (χ3n) is 3.79. The van der Waals surface area contributed by atoms with Crippen LogP contribution < -0.4 is 10.0 Å². The molecule has 0 aliphatic rings. The number of hydrogen-bond donors (Lipinski definition) is 2. The lowest BCUT2D eigenvalue weighted by Crippen LogP contribution is -2.46. The number of amides is 1. The van der Waals surface area contributed by atoms with Crippen molar-refractivity contribution in [2.45, 2.75) is 37.2 Å². The number of nitrogens with zero attached hydrogens (tertiary/aromatic N) is 1. The fraction of sp³-hybridized carbons (Fsp3) is 0.412. The second-order valence-corrected chi connectivity index (χ2v) is 9.07. The molecule has 1 aromatic carbocycles. The highest BCUT2D eigenvalue weighted by Gasteiger charge is 2.25. The van der Waals surface area contributed by atoms with Crippen molar-refractivity contribution < 1.29 is 13.2 Å². The molecule has 0 aliphatic heterocycles. The van der Waals surface area contributed by atoms with Crippen LogP contribution in [-0.2, 0) is 27.8 Å². The van der Waals surface area contributed by atoms with Crippen LogP contribution in [0.1, 0.15) is 24.6 Å². The molecule has 2 rings (SSSR count). The van der Waals surface area contributed by atoms with Crippen molar-refractivity contribution >= 4 is 39.0 Å². The molecular weight excluding hydrogens is 390 g/mol. The molecule has 1 heterocycles. The fourth-order valence-electron chi connectivity index (χ4n) is 2.26. The summed E-state index contributed by atoms with van der Waals surface area (Å²) in [5, 5.41) is 4.60. The van der Waals surface area contributed by atoms with Crippen molar-refractivity contribution in [1.29, 1.82) is 0 Å². The second-order valence-electron chi connectivity index (χ2n) is 5.65. The predicted octanol–water partition coefficient (Wildman–Crippen LogP) is 2.42. The zero-order valence-electron chi connectivity index (χ0n) is 14.8. The van der Waals surface area contributed by atoms with Gasteiger partial charge in [-0.25, -0.2) is 13.4 Å². The molecule has 0 bridgehead atoms. The Balaban J connectivity index is 2.07. The highest BCUT2D eigenvalue weighted by atomic mass is 32.2. The number of aryl methyl sites for hydroxylation is 1. The summed E-state index contributed by atoms with van der Waals surface area (Å²) >= 11 is 3.01. The standard InChI is InChI=1S/C17H23N3O3S3/c1-3-13-4-6-15(7-5-13)26(22,23)20-16(8-9-24-2)17(21)18-10-14-11-25-12-19-14/h4-7,11-12,16,20H,3,8-10H2,1-2H3,(H,18,21). The van der Waals surface area contributed by atoms with Gasteiger partial charge >= 0.3 is 0 Å². The van der Waals surface area contributed by atoms with E-state index in [1.165, 1.54) is 11.3 Å². The summed E-state index contributed by atoms with van der Waals surface area (Å²) in [6.07, 6.45) is 3.17. The smallest absolute Gasteiger partial charge is 0.241 e. The zero-order chi connectivity index (χ0) is 19.0. The lowest BCUT2D eigenvalue weighted by molar-refractivity contribution is -0.122. The van der Waals surface area contributed by atoms with Crippen molar-refractivity contribution in [3.63, 3.8) is 0 Å². The Morgan fingerprint density at radius 3 is 2.62 bits per heavy atom. The number of benzene rings is 1. The summed E-state index contributed by atoms with van der Waals surface area (Å²) in [6, 6.07) is 5.89. The number of thioether (sulfide) groups is 1. The average Bonchev–Trinajstić information content (AvgIpc) is 3.16. The highest BCUT2D eigenvalue weighted by molar-refractivity contribution is 7.98. The van der Waals surface area contributed by atoms with E-state index in [4.69, 9.17) is 0 Å². The van der Waals surface area contributed by atoms with Gasteiger partial charge in [-0.1, -0.05) is 19.1 Å². The van der Waals surface area contributed by atoms with E-state index in [1.54, 1.807) is 41.5 Å². The van der Waals surface area contributed by atoms with Crippen LogP contribution in [0.5, 0.6) is 0 Å². The van der Waals surface area contributed by atoms with Gasteiger partial charge in [-0.05, 0) is 42.5 Å². The zero-order valence-corrected chi connectivity index (χ0v) is 17.2. The Kier molecular flexibility index (Phi) is 8.08. The van der Waals surface area contributed by atoms with Gasteiger partial charge in [0.05, 0.1) is 22.6 Å². The minimum Gasteiger partial charge on any atom is -0.349 e. The molecule has 26 heavy (non-hydrogen) atoms. The summed E-state index contributed by atoms with van der Waals surface area (Å²) in [7, 11) is -3.77. The third kappa shape index (κ3) is 6.08. The van der Waals surface area contributed by atoms with Crippen LogP contribution in [0.3, 0.4) is 0 Å². The van der Waals surface area contributed by atoms with Crippen LogP contribution >= 0.6 is 23.1 Å². The quantitative estimate of drug-likeness (QED) is 0.625. The van der Waals surface area contributed by atoms with E-state index in [2.05, 4.69) is 15.0 Å². The molecule has 2 aromatic rings. The molecule has 9 heteroatoms. The molecule has 1 atom stereocenters. The normalized spacial score (nSPS) is 12.7. The van der Waals surface area contributed by atoms with E-state index >= 15 is 0 Å². The van der Waals surface area contributed by atoms with E-state index in [0.29, 0.717) is 12.2 Å². The topological polar surface area (TPSA) is 88.2 Å². The van der Waals surface area contributed by atoms with Gasteiger partial charge in [0.25, 0.3) is 0 Å². The number of nitrogens with one attached hydrogen (secondary N) is 2. The Hall–Kier alpha value is -1.42. The number of thiazole rings is 1. The number of carbonyl (C=O) groups is 1. The first-order valence-electron chi connectivity index (χ1n) is 8.21. The molecule has 0 fully saturated rings. The van der Waals surface area contributed by atoms with E-state index in [0.717, 1.165) is 17.7 Å². The van der Waals surface area contributed by atoms with Gasteiger partial charge in [0.2, 0.25) is 15.9 Å². The molecule has 0 saturated heterocycles. The third-order valence-corrected chi connectivity index (χ3v) is 6.56. The molecule has 1 aromatic heterocycles. The summed E-state index contributed by atoms with van der Waals surface area (Å²) in [5.41, 5.74) is 3.50. The monoisotopic (exact) mass is 413 g/mol. The van der Waals surface area contributed by atoms with Gasteiger partial charge in [0, 0.05) is 5.38 Å². The molecule has 0 radical (unpaired) electrons. The van der Waals surface area contributed by atoms with Gasteiger partial charge < -0.3 is 5.32 Å².